The van der Waals surface area contributed by atoms with Gasteiger partial charge in [0.05, 0.1) is 0 Å². The predicted molar refractivity (Wildman–Crippen MR) is 58.6 cm³/mol. The molecule has 0 heterocycles. The monoisotopic (exact) mass is 418 g/mol. The van der Waals surface area contributed by atoms with Crippen LogP contribution in [0.15, 0.2) is 0 Å². The summed E-state index contributed by atoms with van der Waals surface area (Å²) >= 11 is 0. The Labute approximate surface area is 149 Å². The fraction of sp³-hybridized carbons (Fsp3) is 0. The zero-order valence-corrected chi connectivity index (χ0v) is 15.4. The molecule has 0 bridgehead atoms. The van der Waals surface area contributed by atoms with Gasteiger partial charge in [-0.3, -0.25) is 8.92 Å². The van der Waals surface area contributed by atoms with E-state index in [0.717, 1.165) is 0 Å². The summed E-state index contributed by atoms with van der Waals surface area (Å²) in [5.74, 6) is 0. The van der Waals surface area contributed by atoms with Crippen LogP contribution < -0.4 is 0 Å². The Morgan fingerprint density at radius 1 is 0.533 bits per heavy atom. The van der Waals surface area contributed by atoms with Gasteiger partial charge in [0.1, 0.15) is 0 Å². The molecule has 0 fully saturated rings. The molecule has 0 aliphatic heterocycles. The van der Waals surface area contributed by atoms with Crippen molar-refractivity contribution in [3.63, 3.8) is 0 Å². The van der Waals surface area contributed by atoms with Crippen molar-refractivity contribution in [2.45, 2.75) is 0 Å². The molecule has 0 aliphatic carbocycles. The van der Waals surface area contributed by atoms with Crippen molar-refractivity contribution >= 4 is 85.8 Å². The maximum atomic E-state index is 8.74. The first-order chi connectivity index (χ1) is 3.46. The molecule has 6 nitrogen and oxygen atoms in total. The third-order valence-electron chi connectivity index (χ3n) is 0. The molecule has 0 aromatic rings. The molecule has 0 radical (unpaired) electrons. The van der Waals surface area contributed by atoms with Crippen LogP contribution in [-0.2, 0) is 114 Å². The van der Waals surface area contributed by atoms with Gasteiger partial charge in [-0.2, -0.15) is 0 Å². The van der Waals surface area contributed by atoms with Crippen molar-refractivity contribution < 1.29 is 65.2 Å². The van der Waals surface area contributed by atoms with Gasteiger partial charge in [0.25, 0.3) is 0 Å². The van der Waals surface area contributed by atoms with Crippen molar-refractivity contribution in [3.05, 3.63) is 0 Å². The average Bonchev–Trinajstić information content (AvgIpc) is 1.25. The van der Waals surface area contributed by atoms with E-state index in [4.69, 9.17) is 28.1 Å². The summed E-state index contributed by atoms with van der Waals surface area (Å²) in [5.41, 5.74) is 0. The SMILES string of the molecule is O=[Si](O)O.O=[Si](O)O.[S-2].[S-2].[S-2].[S-2].[S-2].[V+5].[V+5]. The molecule has 0 saturated heterocycles. The summed E-state index contributed by atoms with van der Waals surface area (Å²) in [6.07, 6.45) is 0. The Kier molecular flexibility index (Phi) is 250. The number of hydrogen-bond donors (Lipinski definition) is 4. The predicted octanol–water partition coefficient (Wildman–Crippen LogP) is -3.24. The molecule has 0 aromatic heterocycles. The van der Waals surface area contributed by atoms with E-state index >= 15 is 0 Å². The first-order valence-corrected chi connectivity index (χ1v) is 3.91. The fourth-order valence-electron chi connectivity index (χ4n) is 0. The minimum atomic E-state index is -3.13. The molecule has 0 rings (SSSR count). The molecule has 0 atom stereocenters. The van der Waals surface area contributed by atoms with Crippen LogP contribution >= 0.6 is 0 Å². The van der Waals surface area contributed by atoms with Crippen molar-refractivity contribution in [3.8, 4) is 0 Å². The van der Waals surface area contributed by atoms with Crippen LogP contribution in [-0.4, -0.2) is 37.5 Å². The summed E-state index contributed by atoms with van der Waals surface area (Å²) in [5, 5.41) is 0. The van der Waals surface area contributed by atoms with Gasteiger partial charge in [0.2, 0.25) is 0 Å². The van der Waals surface area contributed by atoms with Crippen LogP contribution in [0.4, 0.5) is 0 Å². The van der Waals surface area contributed by atoms with Crippen molar-refractivity contribution in [2.24, 2.45) is 0 Å². The van der Waals surface area contributed by atoms with E-state index in [2.05, 4.69) is 0 Å². The second-order valence-corrected chi connectivity index (χ2v) is 1.70. The maximum absolute atomic E-state index is 8.74. The van der Waals surface area contributed by atoms with E-state index in [-0.39, 0.29) is 105 Å². The largest absolute Gasteiger partial charge is 5.00 e. The zero-order valence-electron chi connectivity index (χ0n) is 6.54. The minimum absolute atomic E-state index is 0. The third kappa shape index (κ3) is 698. The molecular formula is H4O6S5Si2V2. The fourth-order valence-corrected chi connectivity index (χ4v) is 0. The second kappa shape index (κ2) is 55.8. The molecule has 0 amide bonds. The Morgan fingerprint density at radius 3 is 0.533 bits per heavy atom. The molecule has 0 spiro atoms. The Balaban J connectivity index is -0.00000000468. The summed E-state index contributed by atoms with van der Waals surface area (Å²) < 4.78 is 17.5. The molecule has 15 heavy (non-hydrogen) atoms. The van der Waals surface area contributed by atoms with E-state index in [9.17, 15) is 0 Å². The Morgan fingerprint density at radius 2 is 0.533 bits per heavy atom. The molecule has 0 aromatic carbocycles. The number of hydrogen-bond acceptors (Lipinski definition) is 2. The maximum Gasteiger partial charge on any atom is 5.00 e. The summed E-state index contributed by atoms with van der Waals surface area (Å²) in [6.45, 7) is 0. The smallest absolute Gasteiger partial charge is 2.00 e. The van der Waals surface area contributed by atoms with Gasteiger partial charge in [0, 0.05) is 0 Å². The summed E-state index contributed by atoms with van der Waals surface area (Å²) in [6, 6.07) is 0. The van der Waals surface area contributed by atoms with E-state index in [1.165, 1.54) is 0 Å². The van der Waals surface area contributed by atoms with Crippen molar-refractivity contribution in [2.75, 3.05) is 0 Å². The van der Waals surface area contributed by atoms with Crippen molar-refractivity contribution in [1.29, 1.82) is 0 Å². The molecular weight excluding hydrogens is 414 g/mol. The van der Waals surface area contributed by atoms with Crippen LogP contribution in [0.5, 0.6) is 0 Å². The zero-order chi connectivity index (χ0) is 7.15. The van der Waals surface area contributed by atoms with E-state index in [1.807, 2.05) is 0 Å². The van der Waals surface area contributed by atoms with Crippen molar-refractivity contribution in [1.82, 2.24) is 0 Å². The van der Waals surface area contributed by atoms with Crippen LogP contribution in [0, 0.1) is 0 Å². The van der Waals surface area contributed by atoms with E-state index in [1.54, 1.807) is 0 Å². The Hall–Kier alpha value is 2.15. The standard InChI is InChI=1S/2H2O3Si.5S.2V/c2*1-4(2)3;;;;;;;/h2*1-2H;;;;;;;/q;;5*-2;2*+5. The van der Waals surface area contributed by atoms with Gasteiger partial charge < -0.3 is 86.7 Å². The third-order valence-corrected chi connectivity index (χ3v) is 0. The molecule has 15 heteroatoms. The van der Waals surface area contributed by atoms with Crippen LogP contribution in [0.3, 0.4) is 0 Å². The van der Waals surface area contributed by atoms with Gasteiger partial charge in [0.15, 0.2) is 0 Å². The first kappa shape index (κ1) is 67.3. The second-order valence-electron chi connectivity index (χ2n) is 0.565. The normalized spacial score (nSPS) is 3.20. The summed E-state index contributed by atoms with van der Waals surface area (Å²) in [7, 11) is -6.26. The number of rotatable bonds is 0. The minimum Gasteiger partial charge on any atom is -2.00 e. The first-order valence-electron chi connectivity index (χ1n) is 1.30. The molecule has 0 aliphatic rings. The molecule has 0 saturated carbocycles. The van der Waals surface area contributed by atoms with Gasteiger partial charge in [-0.1, -0.05) is 0 Å². The molecule has 4 N–H and O–H groups in total. The van der Waals surface area contributed by atoms with Gasteiger partial charge >= 0.3 is 55.5 Å². The van der Waals surface area contributed by atoms with E-state index in [0.29, 0.717) is 0 Å². The average molecular weight is 418 g/mol. The quantitative estimate of drug-likeness (QED) is 0.308. The van der Waals surface area contributed by atoms with Gasteiger partial charge in [-0.25, -0.2) is 0 Å². The Bertz CT molecular complexity index is 85.5. The van der Waals surface area contributed by atoms with Crippen LogP contribution in [0.1, 0.15) is 0 Å². The van der Waals surface area contributed by atoms with Crippen LogP contribution in [0.25, 0.3) is 0 Å². The molecule has 88 valence electrons. The molecule has 0 unspecified atom stereocenters. The van der Waals surface area contributed by atoms with E-state index < -0.39 is 18.3 Å². The van der Waals surface area contributed by atoms with Gasteiger partial charge in [-0.05, 0) is 0 Å². The summed E-state index contributed by atoms with van der Waals surface area (Å²) in [4.78, 5) is 28.6. The van der Waals surface area contributed by atoms with Crippen LogP contribution in [0.2, 0.25) is 0 Å². The van der Waals surface area contributed by atoms with Gasteiger partial charge in [-0.15, -0.1) is 0 Å². The topological polar surface area (TPSA) is 115 Å².